The van der Waals surface area contributed by atoms with Crippen LogP contribution < -0.4 is 43.0 Å². The minimum absolute atomic E-state index is 0.0186. The van der Waals surface area contributed by atoms with Gasteiger partial charge in [0.2, 0.25) is 47.3 Å². The second kappa shape index (κ2) is 22.7. The number of carbonyl (C=O) groups excluding carboxylic acids is 8. The van der Waals surface area contributed by atoms with E-state index in [0.717, 1.165) is 0 Å². The third-order valence-corrected chi connectivity index (χ3v) is 9.96. The molecule has 16 nitrogen and oxygen atoms in total. The Hall–Kier alpha value is -4.50. The highest BCUT2D eigenvalue weighted by atomic mass is 16.2. The topological polar surface area (TPSA) is 247 Å². The Bertz CT molecular complexity index is 1370. The van der Waals surface area contributed by atoms with Crippen molar-refractivity contribution in [1.82, 2.24) is 37.2 Å². The number of nitrogens with two attached hydrogens (primary N) is 1. The lowest BCUT2D eigenvalue weighted by Gasteiger charge is -2.34. The molecule has 1 aliphatic heterocycles. The Balaban J connectivity index is 3.53. The van der Waals surface area contributed by atoms with Crippen LogP contribution in [0.2, 0.25) is 0 Å². The van der Waals surface area contributed by atoms with Gasteiger partial charge in [-0.2, -0.15) is 0 Å². The van der Waals surface area contributed by atoms with Crippen LogP contribution in [0.3, 0.4) is 0 Å². The van der Waals surface area contributed by atoms with E-state index >= 15 is 0 Å². The first-order valence-corrected chi connectivity index (χ1v) is 19.3. The summed E-state index contributed by atoms with van der Waals surface area (Å²) in [6, 6.07) is -4.09. The van der Waals surface area contributed by atoms with Crippen LogP contribution in [0.5, 0.6) is 0 Å². The summed E-state index contributed by atoms with van der Waals surface area (Å²) >= 11 is 0. The summed E-state index contributed by atoms with van der Waals surface area (Å²) in [5.74, 6) is -4.98. The molecule has 0 saturated heterocycles. The molecule has 0 aromatic carbocycles. The fourth-order valence-electron chi connectivity index (χ4n) is 6.01. The Kier molecular flexibility index (Phi) is 19.9. The van der Waals surface area contributed by atoms with Crippen LogP contribution in [0.1, 0.15) is 126 Å². The van der Waals surface area contributed by atoms with E-state index in [1.165, 1.54) is 14.0 Å². The van der Waals surface area contributed by atoms with Crippen LogP contribution in [0.15, 0.2) is 12.2 Å². The maximum atomic E-state index is 13.8. The lowest BCUT2D eigenvalue weighted by atomic mass is 9.91. The van der Waals surface area contributed by atoms with E-state index < -0.39 is 76.6 Å². The van der Waals surface area contributed by atoms with Crippen molar-refractivity contribution < 1.29 is 38.4 Å². The minimum atomic E-state index is -1.45. The first kappa shape index (κ1) is 47.5. The van der Waals surface area contributed by atoms with Gasteiger partial charge in [-0.3, -0.25) is 38.4 Å². The zero-order chi connectivity index (χ0) is 41.2. The third kappa shape index (κ3) is 15.1. The van der Waals surface area contributed by atoms with Gasteiger partial charge in [-0.15, -0.1) is 0 Å². The molecule has 1 aliphatic rings. The highest BCUT2D eigenvalue weighted by Crippen LogP contribution is 2.20. The van der Waals surface area contributed by atoms with Crippen LogP contribution in [-0.2, 0) is 38.4 Å². The summed E-state index contributed by atoms with van der Waals surface area (Å²) in [6.07, 6.45) is 7.25. The molecule has 306 valence electrons. The molecule has 0 spiro atoms. The quantitative estimate of drug-likeness (QED) is 0.134. The van der Waals surface area contributed by atoms with Crippen molar-refractivity contribution in [2.24, 2.45) is 17.6 Å². The molecule has 16 heteroatoms. The highest BCUT2D eigenvalue weighted by molar-refractivity contribution is 5.98. The Labute approximate surface area is 320 Å². The summed E-state index contributed by atoms with van der Waals surface area (Å²) in [5, 5.41) is 19.2. The van der Waals surface area contributed by atoms with Crippen molar-refractivity contribution in [1.29, 1.82) is 0 Å². The number of amides is 8. The molecule has 9 N–H and O–H groups in total. The van der Waals surface area contributed by atoms with Gasteiger partial charge in [0.05, 0.1) is 0 Å². The van der Waals surface area contributed by atoms with Gasteiger partial charge in [0.15, 0.2) is 0 Å². The van der Waals surface area contributed by atoms with Crippen LogP contribution in [0.25, 0.3) is 0 Å². The summed E-state index contributed by atoms with van der Waals surface area (Å²) in [5.41, 5.74) is 2.35. The Morgan fingerprint density at radius 2 is 1.50 bits per heavy atom. The van der Waals surface area contributed by atoms with Gasteiger partial charge in [-0.05, 0) is 84.0 Å². The molecule has 0 aliphatic carbocycles. The van der Waals surface area contributed by atoms with Crippen molar-refractivity contribution in [3.05, 3.63) is 12.2 Å². The van der Waals surface area contributed by atoms with Gasteiger partial charge < -0.3 is 43.0 Å². The average Bonchev–Trinajstić information content (AvgIpc) is 3.10. The zero-order valence-corrected chi connectivity index (χ0v) is 33.7. The van der Waals surface area contributed by atoms with Gasteiger partial charge in [0.1, 0.15) is 35.2 Å². The number of rotatable bonds is 12. The SMILES string of the molecule is CCC1NC(=O)C([C@@H](C)CC)NC(=O)C(C)NC(=O)C(C)(NC(=O)CCCC(N)=O)CCC/C=C/CCCC(C)(C(=O)NC(C(=O)NC)C(C)C)NC1=O. The molecule has 6 unspecified atom stereocenters. The predicted octanol–water partition coefficient (Wildman–Crippen LogP) is 1.12. The van der Waals surface area contributed by atoms with E-state index in [1.807, 2.05) is 19.1 Å². The first-order valence-electron chi connectivity index (χ1n) is 19.3. The van der Waals surface area contributed by atoms with E-state index in [1.54, 1.807) is 41.5 Å². The van der Waals surface area contributed by atoms with Crippen molar-refractivity contribution in [3.63, 3.8) is 0 Å². The normalized spacial score (nSPS) is 27.0. The van der Waals surface area contributed by atoms with Crippen molar-refractivity contribution in [2.45, 2.75) is 161 Å². The maximum Gasteiger partial charge on any atom is 0.246 e. The standard InChI is InChI=1S/C38H66N8O8/c1-10-24(5)30-34(52)42-26(11-2)32(50)46-38(8,36(54)44-29(23(3)4)33(51)40-9)22-17-15-13-12-14-16-21-37(7,35(53)41-25(6)31(49)43-30)45-28(48)20-18-19-27(39)47/h12-13,23-26,29-30H,10-11,14-22H2,1-9H3,(H2,39,47)(H,40,51)(H,41,53)(H,42,52)(H,43,49)(H,44,54)(H,45,48)(H,46,50)/b13-12+/t24-,25?,26?,29?,30?,37?,38?/m0/s1. The smallest absolute Gasteiger partial charge is 0.246 e. The van der Waals surface area contributed by atoms with Crippen molar-refractivity contribution in [2.75, 3.05) is 7.05 Å². The molecule has 0 fully saturated rings. The summed E-state index contributed by atoms with van der Waals surface area (Å²) in [4.78, 5) is 105. The molecule has 54 heavy (non-hydrogen) atoms. The van der Waals surface area contributed by atoms with Crippen LogP contribution >= 0.6 is 0 Å². The number of hydrogen-bond donors (Lipinski definition) is 8. The molecular formula is C38H66N8O8. The lowest BCUT2D eigenvalue weighted by molar-refractivity contribution is -0.138. The molecule has 0 radical (unpaired) electrons. The summed E-state index contributed by atoms with van der Waals surface area (Å²) in [6.45, 7) is 13.5. The second-order valence-electron chi connectivity index (χ2n) is 15.1. The van der Waals surface area contributed by atoms with E-state index in [4.69, 9.17) is 5.73 Å². The third-order valence-electron chi connectivity index (χ3n) is 9.96. The van der Waals surface area contributed by atoms with Crippen LogP contribution in [0, 0.1) is 11.8 Å². The molecule has 8 amide bonds. The Morgan fingerprint density at radius 1 is 0.889 bits per heavy atom. The fourth-order valence-corrected chi connectivity index (χ4v) is 6.01. The number of hydrogen-bond acceptors (Lipinski definition) is 8. The van der Waals surface area contributed by atoms with E-state index in [9.17, 15) is 38.4 Å². The van der Waals surface area contributed by atoms with Gasteiger partial charge in [-0.25, -0.2) is 0 Å². The Morgan fingerprint density at radius 3 is 2.04 bits per heavy atom. The fraction of sp³-hybridized carbons (Fsp3) is 0.737. The first-order chi connectivity index (χ1) is 25.2. The van der Waals surface area contributed by atoms with E-state index in [-0.39, 0.29) is 56.3 Å². The summed E-state index contributed by atoms with van der Waals surface area (Å²) < 4.78 is 0. The molecule has 1 rings (SSSR count). The molecule has 7 atom stereocenters. The molecule has 0 bridgehead atoms. The number of carbonyl (C=O) groups is 8. The number of nitrogens with one attached hydrogen (secondary N) is 7. The van der Waals surface area contributed by atoms with Gasteiger partial charge in [-0.1, -0.05) is 53.2 Å². The summed E-state index contributed by atoms with van der Waals surface area (Å²) in [7, 11) is 1.48. The number of likely N-dealkylation sites (N-methyl/N-ethyl adjacent to an activating group) is 1. The molecule has 1 heterocycles. The van der Waals surface area contributed by atoms with Crippen LogP contribution in [-0.4, -0.2) is 89.6 Å². The van der Waals surface area contributed by atoms with Gasteiger partial charge in [0, 0.05) is 19.9 Å². The van der Waals surface area contributed by atoms with Gasteiger partial charge >= 0.3 is 0 Å². The van der Waals surface area contributed by atoms with E-state index in [2.05, 4.69) is 37.2 Å². The van der Waals surface area contributed by atoms with E-state index in [0.29, 0.717) is 32.1 Å². The lowest BCUT2D eigenvalue weighted by Crippen LogP contribution is -2.64. The predicted molar refractivity (Wildman–Crippen MR) is 205 cm³/mol. The minimum Gasteiger partial charge on any atom is -0.370 e. The van der Waals surface area contributed by atoms with Crippen LogP contribution in [0.4, 0.5) is 0 Å². The highest BCUT2D eigenvalue weighted by Gasteiger charge is 2.40. The molecule has 0 aromatic heterocycles. The van der Waals surface area contributed by atoms with Crippen molar-refractivity contribution >= 4 is 47.3 Å². The number of primary amides is 1. The van der Waals surface area contributed by atoms with Gasteiger partial charge in [0.25, 0.3) is 0 Å². The maximum absolute atomic E-state index is 13.8. The molecule has 0 saturated carbocycles. The monoisotopic (exact) mass is 763 g/mol. The second-order valence-corrected chi connectivity index (χ2v) is 15.1. The average molecular weight is 763 g/mol. The molecule has 0 aromatic rings. The number of allylic oxidation sites excluding steroid dienone is 2. The molecular weight excluding hydrogens is 696 g/mol. The van der Waals surface area contributed by atoms with Crippen molar-refractivity contribution in [3.8, 4) is 0 Å². The largest absolute Gasteiger partial charge is 0.370 e. The zero-order valence-electron chi connectivity index (χ0n) is 33.7.